The largest absolute Gasteiger partial charge is 0.329 e. The van der Waals surface area contributed by atoms with Crippen LogP contribution in [0.25, 0.3) is 0 Å². The molecule has 2 heterocycles. The molecule has 1 unspecified atom stereocenters. The van der Waals surface area contributed by atoms with Gasteiger partial charge in [0.2, 0.25) is 0 Å². The molecule has 94 valence electrons. The zero-order chi connectivity index (χ0) is 11.4. The molecule has 0 aliphatic carbocycles. The van der Waals surface area contributed by atoms with Gasteiger partial charge < -0.3 is 10.6 Å². The number of nitrogens with two attached hydrogens (primary N) is 1. The third kappa shape index (κ3) is 2.76. The van der Waals surface area contributed by atoms with Crippen molar-refractivity contribution in [2.45, 2.75) is 51.1 Å². The predicted molar refractivity (Wildman–Crippen MR) is 68.5 cm³/mol. The lowest BCUT2D eigenvalue weighted by Gasteiger charge is -2.39. The topological polar surface area (TPSA) is 32.5 Å². The fourth-order valence-electron chi connectivity index (χ4n) is 3.38. The number of likely N-dealkylation sites (tertiary alicyclic amines) is 2. The number of nitrogens with zero attached hydrogens (tertiary/aromatic N) is 2. The van der Waals surface area contributed by atoms with Crippen LogP contribution in [0.1, 0.15) is 39.0 Å². The van der Waals surface area contributed by atoms with Crippen molar-refractivity contribution in [2.75, 3.05) is 32.7 Å². The van der Waals surface area contributed by atoms with E-state index in [-0.39, 0.29) is 0 Å². The van der Waals surface area contributed by atoms with E-state index in [0.717, 1.165) is 12.6 Å². The van der Waals surface area contributed by atoms with Gasteiger partial charge in [-0.2, -0.15) is 0 Å². The molecule has 0 amide bonds. The highest BCUT2D eigenvalue weighted by atomic mass is 15.2. The minimum atomic E-state index is 0.683. The molecule has 2 N–H and O–H groups in total. The summed E-state index contributed by atoms with van der Waals surface area (Å²) in [5.74, 6) is 0. The van der Waals surface area contributed by atoms with Gasteiger partial charge in [-0.3, -0.25) is 4.90 Å². The van der Waals surface area contributed by atoms with Gasteiger partial charge in [-0.05, 0) is 58.3 Å². The molecule has 0 spiro atoms. The quantitative estimate of drug-likeness (QED) is 0.782. The molecule has 0 saturated carbocycles. The summed E-state index contributed by atoms with van der Waals surface area (Å²) in [6.07, 6.45) is 6.69. The van der Waals surface area contributed by atoms with E-state index >= 15 is 0 Å². The van der Waals surface area contributed by atoms with E-state index in [9.17, 15) is 0 Å². The fraction of sp³-hybridized carbons (Fsp3) is 1.00. The molecular formula is C13H27N3. The van der Waals surface area contributed by atoms with E-state index in [1.165, 1.54) is 58.3 Å². The molecule has 2 rings (SSSR count). The van der Waals surface area contributed by atoms with Gasteiger partial charge in [0.1, 0.15) is 0 Å². The fourth-order valence-corrected chi connectivity index (χ4v) is 3.38. The number of rotatable bonds is 4. The Morgan fingerprint density at radius 1 is 1.12 bits per heavy atom. The van der Waals surface area contributed by atoms with Gasteiger partial charge >= 0.3 is 0 Å². The zero-order valence-corrected chi connectivity index (χ0v) is 10.7. The molecule has 0 radical (unpaired) electrons. The van der Waals surface area contributed by atoms with E-state index in [1.54, 1.807) is 0 Å². The summed E-state index contributed by atoms with van der Waals surface area (Å²) in [7, 11) is 0. The molecule has 16 heavy (non-hydrogen) atoms. The molecule has 2 saturated heterocycles. The normalized spacial score (nSPS) is 30.0. The van der Waals surface area contributed by atoms with Gasteiger partial charge in [0.05, 0.1) is 0 Å². The maximum atomic E-state index is 5.85. The minimum absolute atomic E-state index is 0.683. The van der Waals surface area contributed by atoms with Crippen LogP contribution in [0, 0.1) is 0 Å². The molecule has 2 fully saturated rings. The van der Waals surface area contributed by atoms with Crippen LogP contribution in [0.2, 0.25) is 0 Å². The SMILES string of the molecule is CCCN1CCC(N2CCCC2CN)CC1. The number of hydrogen-bond acceptors (Lipinski definition) is 3. The first-order valence-electron chi connectivity index (χ1n) is 7.03. The van der Waals surface area contributed by atoms with Crippen molar-refractivity contribution in [2.24, 2.45) is 5.73 Å². The van der Waals surface area contributed by atoms with Crippen molar-refractivity contribution in [3.05, 3.63) is 0 Å². The Kier molecular flexibility index (Phi) is 4.62. The standard InChI is InChI=1S/C13H27N3/c1-2-7-15-9-5-12(6-10-15)16-8-3-4-13(16)11-14/h12-13H,2-11,14H2,1H3. The van der Waals surface area contributed by atoms with Crippen LogP contribution < -0.4 is 5.73 Å². The van der Waals surface area contributed by atoms with E-state index in [1.807, 2.05) is 0 Å². The van der Waals surface area contributed by atoms with Crippen LogP contribution >= 0.6 is 0 Å². The lowest BCUT2D eigenvalue weighted by molar-refractivity contribution is 0.101. The van der Waals surface area contributed by atoms with Gasteiger partial charge in [-0.25, -0.2) is 0 Å². The van der Waals surface area contributed by atoms with Crippen molar-refractivity contribution >= 4 is 0 Å². The molecular weight excluding hydrogens is 198 g/mol. The van der Waals surface area contributed by atoms with Crippen molar-refractivity contribution in [3.63, 3.8) is 0 Å². The van der Waals surface area contributed by atoms with Crippen molar-refractivity contribution in [1.82, 2.24) is 9.80 Å². The first-order chi connectivity index (χ1) is 7.85. The van der Waals surface area contributed by atoms with Crippen molar-refractivity contribution < 1.29 is 0 Å². The number of hydrogen-bond donors (Lipinski definition) is 1. The van der Waals surface area contributed by atoms with Gasteiger partial charge in [0, 0.05) is 18.6 Å². The highest BCUT2D eigenvalue weighted by Crippen LogP contribution is 2.25. The molecule has 0 aromatic heterocycles. The Labute approximate surface area is 100.0 Å². The summed E-state index contributed by atoms with van der Waals surface area (Å²) in [5, 5.41) is 0. The van der Waals surface area contributed by atoms with Crippen LogP contribution in [0.3, 0.4) is 0 Å². The molecule has 0 bridgehead atoms. The maximum Gasteiger partial charge on any atom is 0.0221 e. The monoisotopic (exact) mass is 225 g/mol. The Morgan fingerprint density at radius 3 is 2.50 bits per heavy atom. The molecule has 2 aliphatic rings. The third-order valence-electron chi connectivity index (χ3n) is 4.26. The summed E-state index contributed by atoms with van der Waals surface area (Å²) in [6, 6.07) is 1.51. The first kappa shape index (κ1) is 12.3. The van der Waals surface area contributed by atoms with Crippen molar-refractivity contribution in [3.8, 4) is 0 Å². The second kappa shape index (κ2) is 5.99. The Balaban J connectivity index is 1.79. The van der Waals surface area contributed by atoms with E-state index < -0.39 is 0 Å². The van der Waals surface area contributed by atoms with Crippen molar-refractivity contribution in [1.29, 1.82) is 0 Å². The Hall–Kier alpha value is -0.120. The van der Waals surface area contributed by atoms with Crippen LogP contribution in [-0.2, 0) is 0 Å². The van der Waals surface area contributed by atoms with E-state index in [4.69, 9.17) is 5.73 Å². The first-order valence-corrected chi connectivity index (χ1v) is 7.03. The lowest BCUT2D eigenvalue weighted by Crippen LogP contribution is -2.48. The van der Waals surface area contributed by atoms with E-state index in [2.05, 4.69) is 16.7 Å². The molecule has 0 aromatic carbocycles. The highest BCUT2D eigenvalue weighted by Gasteiger charge is 2.31. The summed E-state index contributed by atoms with van der Waals surface area (Å²) in [5.41, 5.74) is 5.85. The second-order valence-electron chi connectivity index (χ2n) is 5.34. The third-order valence-corrected chi connectivity index (χ3v) is 4.26. The Bertz CT molecular complexity index is 199. The van der Waals surface area contributed by atoms with Gasteiger partial charge in [0.25, 0.3) is 0 Å². The summed E-state index contributed by atoms with van der Waals surface area (Å²) in [4.78, 5) is 5.31. The van der Waals surface area contributed by atoms with E-state index in [0.29, 0.717) is 6.04 Å². The van der Waals surface area contributed by atoms with Gasteiger partial charge in [-0.15, -0.1) is 0 Å². The highest BCUT2D eigenvalue weighted by molar-refractivity contribution is 4.88. The van der Waals surface area contributed by atoms with Crippen LogP contribution in [-0.4, -0.2) is 54.6 Å². The minimum Gasteiger partial charge on any atom is -0.329 e. The maximum absolute atomic E-state index is 5.85. The van der Waals surface area contributed by atoms with Crippen LogP contribution in [0.4, 0.5) is 0 Å². The molecule has 3 heteroatoms. The van der Waals surface area contributed by atoms with Crippen LogP contribution in [0.5, 0.6) is 0 Å². The average Bonchev–Trinajstić information content (AvgIpc) is 2.78. The van der Waals surface area contributed by atoms with Gasteiger partial charge in [-0.1, -0.05) is 6.92 Å². The Morgan fingerprint density at radius 2 is 1.88 bits per heavy atom. The zero-order valence-electron chi connectivity index (χ0n) is 10.7. The molecule has 2 aliphatic heterocycles. The summed E-state index contributed by atoms with van der Waals surface area (Å²) >= 11 is 0. The molecule has 3 nitrogen and oxygen atoms in total. The lowest BCUT2D eigenvalue weighted by atomic mass is 10.0. The smallest absolute Gasteiger partial charge is 0.0221 e. The van der Waals surface area contributed by atoms with Gasteiger partial charge in [0.15, 0.2) is 0 Å². The summed E-state index contributed by atoms with van der Waals surface area (Å²) in [6.45, 7) is 8.30. The van der Waals surface area contributed by atoms with Crippen LogP contribution in [0.15, 0.2) is 0 Å². The number of piperidine rings is 1. The second-order valence-corrected chi connectivity index (χ2v) is 5.34. The predicted octanol–water partition coefficient (Wildman–Crippen LogP) is 1.28. The average molecular weight is 225 g/mol. The molecule has 1 atom stereocenters. The molecule has 0 aromatic rings. The summed E-state index contributed by atoms with van der Waals surface area (Å²) < 4.78 is 0.